The van der Waals surface area contributed by atoms with Crippen LogP contribution in [0.15, 0.2) is 0 Å². The van der Waals surface area contributed by atoms with Gasteiger partial charge < -0.3 is 10.8 Å². The number of aliphatic hydroxyl groups excluding tert-OH is 1. The Morgan fingerprint density at radius 1 is 1.20 bits per heavy atom. The molecule has 0 aromatic heterocycles. The maximum Gasteiger partial charge on any atom is 0.274 e. The number of rotatable bonds is 2. The molecule has 0 fully saturated rings. The maximum atomic E-state index is 9.26. The van der Waals surface area contributed by atoms with Crippen LogP contribution in [0.1, 0.15) is 0 Å². The summed E-state index contributed by atoms with van der Waals surface area (Å²) in [7, 11) is -5.18. The molecule has 0 spiro atoms. The summed E-state index contributed by atoms with van der Waals surface area (Å²) in [6, 6.07) is 0. The molecule has 0 aliphatic heterocycles. The molecule has 0 amide bonds. The highest BCUT2D eigenvalue weighted by Gasteiger charge is 1.95. The number of aliphatic hydroxyl groups is 1. The van der Waals surface area contributed by atoms with Crippen molar-refractivity contribution in [3.63, 3.8) is 0 Å². The third-order valence-electron chi connectivity index (χ3n) is 0.251. The fourth-order valence-corrected chi connectivity index (χ4v) is 0. The normalized spacial score (nSPS) is 14.8. The second-order valence-electron chi connectivity index (χ2n) is 0.947. The van der Waals surface area contributed by atoms with Crippen molar-refractivity contribution in [2.24, 2.45) is 5.73 Å². The molecule has 5 N–H and O–H groups in total. The van der Waals surface area contributed by atoms with Crippen LogP contribution in [0, 0.1) is 0 Å². The minimum absolute atomic E-state index is 0.0972. The van der Waals surface area contributed by atoms with Gasteiger partial charge in [0.25, 0.3) is 20.2 Å². The van der Waals surface area contributed by atoms with Crippen LogP contribution < -0.4 is 5.73 Å². The topological polar surface area (TPSA) is 121 Å². The molecule has 0 bridgehead atoms. The molecular formula is C2H9NO5S2. The van der Waals surface area contributed by atoms with E-state index < -0.39 is 20.2 Å². The second-order valence-corrected chi connectivity index (χ2v) is 3.53. The lowest BCUT2D eigenvalue weighted by Crippen LogP contribution is -2.02. The SMILES string of the molecule is NCCO.O=S(O)S(=O)O. The van der Waals surface area contributed by atoms with Crippen molar-refractivity contribution in [2.75, 3.05) is 13.2 Å². The Morgan fingerprint density at radius 3 is 1.40 bits per heavy atom. The molecule has 2 atom stereocenters. The molecule has 8 heteroatoms. The lowest BCUT2D eigenvalue weighted by Gasteiger charge is -1.74. The molecule has 0 aliphatic rings. The standard InChI is InChI=1S/C2H7NO.H2O4S2/c3-1-2-4;1-5(2)6(3)4/h4H,1-3H2;(H,1,2)(H,3,4). The monoisotopic (exact) mass is 191 g/mol. The summed E-state index contributed by atoms with van der Waals surface area (Å²) in [6.45, 7) is 0.472. The lowest BCUT2D eigenvalue weighted by atomic mass is 10.8. The Bertz CT molecular complexity index is 102. The van der Waals surface area contributed by atoms with Gasteiger partial charge in [0.1, 0.15) is 0 Å². The van der Waals surface area contributed by atoms with E-state index in [0.717, 1.165) is 0 Å². The summed E-state index contributed by atoms with van der Waals surface area (Å²) >= 11 is 0. The molecule has 0 aliphatic carbocycles. The van der Waals surface area contributed by atoms with E-state index >= 15 is 0 Å². The van der Waals surface area contributed by atoms with E-state index in [9.17, 15) is 8.42 Å². The summed E-state index contributed by atoms with van der Waals surface area (Å²) in [5.74, 6) is 0. The Kier molecular flexibility index (Phi) is 11.7. The highest BCUT2D eigenvalue weighted by Crippen LogP contribution is 1.74. The van der Waals surface area contributed by atoms with Crippen molar-refractivity contribution in [1.29, 1.82) is 0 Å². The fraction of sp³-hybridized carbons (Fsp3) is 1.00. The molecular weight excluding hydrogens is 182 g/mol. The minimum Gasteiger partial charge on any atom is -0.395 e. The first-order valence-corrected chi connectivity index (χ1v) is 4.82. The molecule has 0 heterocycles. The molecule has 0 aromatic rings. The van der Waals surface area contributed by atoms with Gasteiger partial charge in [0.2, 0.25) is 0 Å². The zero-order valence-corrected chi connectivity index (χ0v) is 6.60. The third-order valence-corrected chi connectivity index (χ3v) is 1.23. The average Bonchev–Trinajstić information content (AvgIpc) is 1.89. The summed E-state index contributed by atoms with van der Waals surface area (Å²) in [6.07, 6.45) is 0. The maximum absolute atomic E-state index is 9.26. The first-order chi connectivity index (χ1) is 4.56. The summed E-state index contributed by atoms with van der Waals surface area (Å²) in [5.41, 5.74) is 4.78. The van der Waals surface area contributed by atoms with Crippen LogP contribution in [0.3, 0.4) is 0 Å². The third kappa shape index (κ3) is 15.7. The fourth-order valence-electron chi connectivity index (χ4n) is 0. The van der Waals surface area contributed by atoms with Gasteiger partial charge in [-0.3, -0.25) is 9.11 Å². The molecule has 0 rings (SSSR count). The van der Waals surface area contributed by atoms with Crippen LogP contribution in [0.2, 0.25) is 0 Å². The van der Waals surface area contributed by atoms with Crippen LogP contribution in [0.4, 0.5) is 0 Å². The van der Waals surface area contributed by atoms with Crippen LogP contribution in [0.5, 0.6) is 0 Å². The highest BCUT2D eigenvalue weighted by atomic mass is 33.2. The zero-order chi connectivity index (χ0) is 8.57. The Labute approximate surface area is 62.4 Å². The smallest absolute Gasteiger partial charge is 0.274 e. The van der Waals surface area contributed by atoms with Crippen LogP contribution in [-0.2, 0) is 20.2 Å². The highest BCUT2D eigenvalue weighted by molar-refractivity contribution is 8.56. The van der Waals surface area contributed by atoms with Crippen LogP contribution in [0.25, 0.3) is 0 Å². The van der Waals surface area contributed by atoms with Gasteiger partial charge in [-0.15, -0.1) is 0 Å². The number of hydrogen-bond donors (Lipinski definition) is 4. The molecule has 6 nitrogen and oxygen atoms in total. The first-order valence-electron chi connectivity index (χ1n) is 2.09. The Balaban J connectivity index is 0. The first kappa shape index (κ1) is 12.8. The molecule has 0 saturated heterocycles. The molecule has 0 radical (unpaired) electrons. The van der Waals surface area contributed by atoms with E-state index in [1.165, 1.54) is 0 Å². The van der Waals surface area contributed by atoms with E-state index in [-0.39, 0.29) is 6.61 Å². The van der Waals surface area contributed by atoms with E-state index in [4.69, 9.17) is 19.9 Å². The Hall–Kier alpha value is 0.140. The molecule has 0 saturated carbocycles. The second kappa shape index (κ2) is 9.14. The van der Waals surface area contributed by atoms with Gasteiger partial charge in [-0.1, -0.05) is 0 Å². The van der Waals surface area contributed by atoms with Gasteiger partial charge in [-0.05, 0) is 0 Å². The Morgan fingerprint density at radius 2 is 1.40 bits per heavy atom. The van der Waals surface area contributed by atoms with Crippen molar-refractivity contribution >= 4 is 20.2 Å². The van der Waals surface area contributed by atoms with Gasteiger partial charge in [0.05, 0.1) is 6.61 Å². The van der Waals surface area contributed by atoms with E-state index in [1.807, 2.05) is 0 Å². The van der Waals surface area contributed by atoms with Gasteiger partial charge in [-0.25, -0.2) is 8.42 Å². The van der Waals surface area contributed by atoms with Crippen molar-refractivity contribution in [1.82, 2.24) is 0 Å². The molecule has 64 valence electrons. The van der Waals surface area contributed by atoms with Crippen LogP contribution in [-0.4, -0.2) is 35.8 Å². The van der Waals surface area contributed by atoms with Gasteiger partial charge in [0.15, 0.2) is 0 Å². The van der Waals surface area contributed by atoms with Crippen molar-refractivity contribution < 1.29 is 22.6 Å². The van der Waals surface area contributed by atoms with Gasteiger partial charge in [0, 0.05) is 6.54 Å². The summed E-state index contributed by atoms with van der Waals surface area (Å²) in [5, 5.41) is 7.75. The minimum atomic E-state index is -2.59. The van der Waals surface area contributed by atoms with Crippen molar-refractivity contribution in [2.45, 2.75) is 0 Å². The largest absolute Gasteiger partial charge is 0.395 e. The number of hydrogen-bond acceptors (Lipinski definition) is 4. The van der Waals surface area contributed by atoms with Crippen LogP contribution >= 0.6 is 0 Å². The quantitative estimate of drug-likeness (QED) is 0.304. The summed E-state index contributed by atoms with van der Waals surface area (Å²) in [4.78, 5) is 0. The van der Waals surface area contributed by atoms with E-state index in [2.05, 4.69) is 0 Å². The van der Waals surface area contributed by atoms with Crippen molar-refractivity contribution in [3.8, 4) is 0 Å². The molecule has 10 heavy (non-hydrogen) atoms. The summed E-state index contributed by atoms with van der Waals surface area (Å²) < 4.78 is 33.6. The lowest BCUT2D eigenvalue weighted by molar-refractivity contribution is 0.306. The molecule has 0 aromatic carbocycles. The van der Waals surface area contributed by atoms with E-state index in [0.29, 0.717) is 6.54 Å². The van der Waals surface area contributed by atoms with E-state index in [1.54, 1.807) is 0 Å². The number of nitrogens with two attached hydrogens (primary N) is 1. The molecule has 2 unspecified atom stereocenters. The van der Waals surface area contributed by atoms with Crippen molar-refractivity contribution in [3.05, 3.63) is 0 Å². The zero-order valence-electron chi connectivity index (χ0n) is 4.97. The predicted molar refractivity (Wildman–Crippen MR) is 37.7 cm³/mol. The van der Waals surface area contributed by atoms with Gasteiger partial charge >= 0.3 is 0 Å². The average molecular weight is 191 g/mol. The predicted octanol–water partition coefficient (Wildman–Crippen LogP) is -1.72. The van der Waals surface area contributed by atoms with Gasteiger partial charge in [-0.2, -0.15) is 0 Å².